The van der Waals surface area contributed by atoms with Gasteiger partial charge in [-0.2, -0.15) is 0 Å². The Labute approximate surface area is 269 Å². The average Bonchev–Trinajstić information content (AvgIpc) is 3.76. The molecule has 6 N–H and O–H groups in total. The molecule has 6 amide bonds. The Bertz CT molecular complexity index is 1440. The number of amides is 6. The van der Waals surface area contributed by atoms with Gasteiger partial charge in [-0.15, -0.1) is 22.7 Å². The number of hydrogen-bond acceptors (Lipinski definition) is 10. The maximum Gasteiger partial charge on any atom is 0.271 e. The molecule has 2 aromatic rings. The summed E-state index contributed by atoms with van der Waals surface area (Å²) in [5.74, 6) is -3.19. The van der Waals surface area contributed by atoms with E-state index in [-0.39, 0.29) is 54.4 Å². The standard InChI is InChI=1S/C29H40N8O6S2/c1-14(2)10-17-29(43)37-9-5-6-20(37)26(41)31-11-22-32-18(12-44-22)24(39)33-16(7-8-21(30)38)28-35-19(13-45-28)25(40)36-23(15(3)4)27(42)34-17/h12-17,20,23H,5-11H2,1-4H3,(H2,30,38)(H,31,41)(H,33,39)(H,34,42)(H,36,40)/t16-,17+,20+,23-/m1/s1. The number of aromatic nitrogens is 2. The molecule has 0 spiro atoms. The minimum absolute atomic E-state index is 0.0351. The summed E-state index contributed by atoms with van der Waals surface area (Å²) < 4.78 is 0. The minimum Gasteiger partial charge on any atom is -0.370 e. The Morgan fingerprint density at radius 3 is 2.33 bits per heavy atom. The highest BCUT2D eigenvalue weighted by Crippen LogP contribution is 2.25. The van der Waals surface area contributed by atoms with E-state index in [4.69, 9.17) is 5.73 Å². The molecule has 0 aliphatic carbocycles. The molecule has 0 saturated carbocycles. The van der Waals surface area contributed by atoms with Gasteiger partial charge < -0.3 is 31.9 Å². The van der Waals surface area contributed by atoms with Crippen molar-refractivity contribution in [1.29, 1.82) is 0 Å². The van der Waals surface area contributed by atoms with Gasteiger partial charge in [-0.25, -0.2) is 9.97 Å². The predicted octanol–water partition coefficient (Wildman–Crippen LogP) is 1.24. The van der Waals surface area contributed by atoms with E-state index in [1.165, 1.54) is 21.6 Å². The molecule has 2 aliphatic heterocycles. The van der Waals surface area contributed by atoms with Crippen molar-refractivity contribution < 1.29 is 28.8 Å². The van der Waals surface area contributed by atoms with Crippen molar-refractivity contribution in [2.24, 2.45) is 17.6 Å². The summed E-state index contributed by atoms with van der Waals surface area (Å²) in [5, 5.41) is 15.2. The molecule has 4 rings (SSSR count). The predicted molar refractivity (Wildman–Crippen MR) is 167 cm³/mol. The van der Waals surface area contributed by atoms with Gasteiger partial charge in [0.2, 0.25) is 23.6 Å². The highest BCUT2D eigenvalue weighted by atomic mass is 32.1. The molecule has 4 bridgehead atoms. The average molecular weight is 661 g/mol. The number of nitrogens with zero attached hydrogens (tertiary/aromatic N) is 3. The second kappa shape index (κ2) is 14.9. The Morgan fingerprint density at radius 1 is 0.956 bits per heavy atom. The number of hydrogen-bond donors (Lipinski definition) is 5. The Kier molecular flexibility index (Phi) is 11.3. The van der Waals surface area contributed by atoms with Crippen molar-refractivity contribution in [3.05, 3.63) is 32.2 Å². The van der Waals surface area contributed by atoms with Crippen LogP contribution < -0.4 is 27.0 Å². The van der Waals surface area contributed by atoms with Crippen LogP contribution in [0.25, 0.3) is 0 Å². The Hall–Kier alpha value is -3.92. The number of fused-ring (bicyclic) bond motifs is 5. The Balaban J connectivity index is 1.69. The SMILES string of the molecule is CC(C)C[C@@H]1NC(=O)[C@@H](C(C)C)NC(=O)c2csc(n2)[C@@H](CCC(N)=O)NC(=O)c2csc(n2)CNC(=O)[C@@H]2CCCN2C1=O. The number of thiazole rings is 2. The zero-order chi connectivity index (χ0) is 32.8. The van der Waals surface area contributed by atoms with E-state index in [1.807, 2.05) is 13.8 Å². The number of primary amides is 1. The fourth-order valence-corrected chi connectivity index (χ4v) is 6.91. The van der Waals surface area contributed by atoms with Crippen LogP contribution in [-0.4, -0.2) is 75.0 Å². The van der Waals surface area contributed by atoms with Gasteiger partial charge in [0, 0.05) is 23.7 Å². The van der Waals surface area contributed by atoms with Gasteiger partial charge in [0.25, 0.3) is 11.8 Å². The summed E-state index contributed by atoms with van der Waals surface area (Å²) in [6, 6.07) is -3.34. The first kappa shape index (κ1) is 34.0. The fourth-order valence-electron chi connectivity index (χ4n) is 5.31. The number of carbonyl (C=O) groups excluding carboxylic acids is 6. The van der Waals surface area contributed by atoms with E-state index in [1.54, 1.807) is 19.2 Å². The molecule has 1 saturated heterocycles. The van der Waals surface area contributed by atoms with Crippen LogP contribution in [0.3, 0.4) is 0 Å². The van der Waals surface area contributed by atoms with Gasteiger partial charge in [0.05, 0.1) is 12.6 Å². The van der Waals surface area contributed by atoms with Gasteiger partial charge >= 0.3 is 0 Å². The topological polar surface area (TPSA) is 206 Å². The smallest absolute Gasteiger partial charge is 0.271 e. The van der Waals surface area contributed by atoms with Crippen LogP contribution in [0.2, 0.25) is 0 Å². The summed E-state index contributed by atoms with van der Waals surface area (Å²) in [4.78, 5) is 88.9. The number of nitrogens with two attached hydrogens (primary N) is 1. The Morgan fingerprint density at radius 2 is 1.64 bits per heavy atom. The molecular formula is C29H40N8O6S2. The van der Waals surface area contributed by atoms with E-state index >= 15 is 0 Å². The van der Waals surface area contributed by atoms with E-state index in [0.717, 1.165) is 11.3 Å². The lowest BCUT2D eigenvalue weighted by Gasteiger charge is -2.31. The summed E-state index contributed by atoms with van der Waals surface area (Å²) in [6.07, 6.45) is 1.55. The van der Waals surface area contributed by atoms with Crippen molar-refractivity contribution in [3.63, 3.8) is 0 Å². The van der Waals surface area contributed by atoms with Crippen molar-refractivity contribution >= 4 is 58.1 Å². The first-order chi connectivity index (χ1) is 21.3. The monoisotopic (exact) mass is 660 g/mol. The summed E-state index contributed by atoms with van der Waals surface area (Å²) in [7, 11) is 0. The second-order valence-electron chi connectivity index (χ2n) is 12.0. The van der Waals surface area contributed by atoms with Crippen LogP contribution in [0.5, 0.6) is 0 Å². The van der Waals surface area contributed by atoms with E-state index in [9.17, 15) is 28.8 Å². The van der Waals surface area contributed by atoms with E-state index in [0.29, 0.717) is 35.8 Å². The molecule has 1 fully saturated rings. The minimum atomic E-state index is -0.985. The third-order valence-electron chi connectivity index (χ3n) is 7.63. The molecule has 0 aromatic carbocycles. The van der Waals surface area contributed by atoms with Gasteiger partial charge in [-0.3, -0.25) is 28.8 Å². The van der Waals surface area contributed by atoms with Crippen molar-refractivity contribution in [2.75, 3.05) is 6.54 Å². The van der Waals surface area contributed by atoms with Crippen LogP contribution in [0.4, 0.5) is 0 Å². The van der Waals surface area contributed by atoms with Crippen LogP contribution >= 0.6 is 22.7 Å². The zero-order valence-electron chi connectivity index (χ0n) is 25.8. The normalized spacial score (nSPS) is 23.6. The zero-order valence-corrected chi connectivity index (χ0v) is 27.4. The highest BCUT2D eigenvalue weighted by molar-refractivity contribution is 7.10. The van der Waals surface area contributed by atoms with Gasteiger partial charge in [0.15, 0.2) is 0 Å². The molecule has 45 heavy (non-hydrogen) atoms. The summed E-state index contributed by atoms with van der Waals surface area (Å²) >= 11 is 2.31. The largest absolute Gasteiger partial charge is 0.370 e. The van der Waals surface area contributed by atoms with Crippen LogP contribution in [0.15, 0.2) is 10.8 Å². The quantitative estimate of drug-likeness (QED) is 0.304. The summed E-state index contributed by atoms with van der Waals surface area (Å²) in [6.45, 7) is 7.86. The lowest BCUT2D eigenvalue weighted by atomic mass is 9.99. The third-order valence-corrected chi connectivity index (χ3v) is 9.44. The number of nitrogens with one attached hydrogen (secondary N) is 4. The number of carbonyl (C=O) groups is 6. The molecule has 16 heteroatoms. The molecular weight excluding hydrogens is 621 g/mol. The van der Waals surface area contributed by atoms with E-state index < -0.39 is 47.8 Å². The van der Waals surface area contributed by atoms with Gasteiger partial charge in [0.1, 0.15) is 39.5 Å². The van der Waals surface area contributed by atoms with Crippen LogP contribution in [-0.2, 0) is 25.7 Å². The van der Waals surface area contributed by atoms with E-state index in [2.05, 4.69) is 31.2 Å². The molecule has 4 atom stereocenters. The molecule has 14 nitrogen and oxygen atoms in total. The molecule has 0 radical (unpaired) electrons. The maximum absolute atomic E-state index is 13.8. The van der Waals surface area contributed by atoms with Crippen LogP contribution in [0.1, 0.15) is 96.8 Å². The lowest BCUT2D eigenvalue weighted by Crippen LogP contribution is -2.57. The molecule has 244 valence electrons. The second-order valence-corrected chi connectivity index (χ2v) is 13.9. The fraction of sp³-hybridized carbons (Fsp3) is 0.586. The van der Waals surface area contributed by atoms with Gasteiger partial charge in [-0.05, 0) is 37.5 Å². The molecule has 0 unspecified atom stereocenters. The number of rotatable bonds is 6. The molecule has 4 heterocycles. The van der Waals surface area contributed by atoms with Crippen molar-refractivity contribution in [2.45, 2.75) is 90.5 Å². The van der Waals surface area contributed by atoms with Crippen LogP contribution in [0, 0.1) is 11.8 Å². The van der Waals surface area contributed by atoms with Crippen molar-refractivity contribution in [1.82, 2.24) is 36.1 Å². The first-order valence-electron chi connectivity index (χ1n) is 15.0. The molecule has 2 aromatic heterocycles. The lowest BCUT2D eigenvalue weighted by molar-refractivity contribution is -0.142. The summed E-state index contributed by atoms with van der Waals surface area (Å²) in [5.41, 5.74) is 5.52. The molecule has 2 aliphatic rings. The highest BCUT2D eigenvalue weighted by Gasteiger charge is 2.39. The third kappa shape index (κ3) is 8.63. The van der Waals surface area contributed by atoms with Crippen molar-refractivity contribution in [3.8, 4) is 0 Å². The first-order valence-corrected chi connectivity index (χ1v) is 16.8. The van der Waals surface area contributed by atoms with Gasteiger partial charge in [-0.1, -0.05) is 27.7 Å². The maximum atomic E-state index is 13.8.